The maximum atomic E-state index is 12.7. The van der Waals surface area contributed by atoms with Crippen molar-refractivity contribution in [2.45, 2.75) is 19.0 Å². The van der Waals surface area contributed by atoms with Crippen LogP contribution < -0.4 is 5.32 Å². The molecule has 1 fully saturated rings. The third-order valence-electron chi connectivity index (χ3n) is 4.98. The van der Waals surface area contributed by atoms with E-state index in [9.17, 15) is 27.6 Å². The fraction of sp³-hybridized carbons (Fsp3) is 0.182. The average Bonchev–Trinajstić information content (AvgIpc) is 3.44. The van der Waals surface area contributed by atoms with Crippen molar-refractivity contribution in [3.05, 3.63) is 64.6 Å². The second kappa shape index (κ2) is 10.1. The number of aromatic nitrogens is 4. The van der Waals surface area contributed by atoms with Gasteiger partial charge < -0.3 is 5.32 Å². The Morgan fingerprint density at radius 1 is 1.09 bits per heavy atom. The Kier molecular flexibility index (Phi) is 6.96. The van der Waals surface area contributed by atoms with E-state index in [2.05, 4.69) is 25.9 Å². The Bertz CT molecular complexity index is 1260. The van der Waals surface area contributed by atoms with E-state index in [0.717, 1.165) is 22.6 Å². The lowest BCUT2D eigenvalue weighted by Crippen LogP contribution is -2.29. The molecule has 0 radical (unpaired) electrons. The zero-order chi connectivity index (χ0) is 25.0. The van der Waals surface area contributed by atoms with Gasteiger partial charge in [0.1, 0.15) is 0 Å². The SMILES string of the molecule is O=C(CCCN1C(=O)S/C(=C\c2ccc(C(F)(F)F)cc2)C1=O)Nc1ccc(-c2nnn[nH]2)cc1. The molecule has 0 unspecified atom stereocenters. The number of halogens is 3. The highest BCUT2D eigenvalue weighted by Crippen LogP contribution is 2.33. The maximum Gasteiger partial charge on any atom is 0.416 e. The number of nitrogens with one attached hydrogen (secondary N) is 2. The van der Waals surface area contributed by atoms with Crippen molar-refractivity contribution in [3.8, 4) is 11.4 Å². The number of hydrogen-bond acceptors (Lipinski definition) is 7. The largest absolute Gasteiger partial charge is 0.416 e. The van der Waals surface area contributed by atoms with Crippen LogP contribution in [0.2, 0.25) is 0 Å². The number of tetrazole rings is 1. The molecule has 3 aromatic rings. The van der Waals surface area contributed by atoms with E-state index in [1.807, 2.05) is 0 Å². The number of H-pyrrole nitrogens is 1. The van der Waals surface area contributed by atoms with Crippen molar-refractivity contribution < 1.29 is 27.6 Å². The number of carbonyl (C=O) groups excluding carboxylic acids is 3. The summed E-state index contributed by atoms with van der Waals surface area (Å²) in [5.74, 6) is -0.336. The molecular weight excluding hydrogens is 485 g/mol. The Hall–Kier alpha value is -4.00. The lowest BCUT2D eigenvalue weighted by atomic mass is 10.1. The van der Waals surface area contributed by atoms with Gasteiger partial charge in [-0.3, -0.25) is 19.3 Å². The Labute approximate surface area is 200 Å². The molecule has 1 aromatic heterocycles. The summed E-state index contributed by atoms with van der Waals surface area (Å²) in [6, 6.07) is 11.1. The van der Waals surface area contributed by atoms with Gasteiger partial charge in [0, 0.05) is 24.2 Å². The first kappa shape index (κ1) is 24.1. The van der Waals surface area contributed by atoms with Gasteiger partial charge in [-0.1, -0.05) is 12.1 Å². The summed E-state index contributed by atoms with van der Waals surface area (Å²) in [4.78, 5) is 38.2. The van der Waals surface area contributed by atoms with Gasteiger partial charge in [-0.15, -0.1) is 5.10 Å². The summed E-state index contributed by atoms with van der Waals surface area (Å²) in [7, 11) is 0. The van der Waals surface area contributed by atoms with Crippen LogP contribution in [0.1, 0.15) is 24.0 Å². The van der Waals surface area contributed by atoms with Crippen molar-refractivity contribution in [3.63, 3.8) is 0 Å². The third kappa shape index (κ3) is 5.93. The summed E-state index contributed by atoms with van der Waals surface area (Å²) in [5, 5.41) is 15.7. The molecule has 9 nitrogen and oxygen atoms in total. The van der Waals surface area contributed by atoms with Gasteiger partial charge in [-0.2, -0.15) is 13.2 Å². The predicted octanol–water partition coefficient (Wildman–Crippen LogP) is 4.34. The highest BCUT2D eigenvalue weighted by Gasteiger charge is 2.35. The molecule has 1 saturated heterocycles. The van der Waals surface area contributed by atoms with Crippen molar-refractivity contribution in [2.24, 2.45) is 0 Å². The van der Waals surface area contributed by atoms with Gasteiger partial charge in [-0.05, 0) is 76.6 Å². The van der Waals surface area contributed by atoms with Gasteiger partial charge >= 0.3 is 6.18 Å². The van der Waals surface area contributed by atoms with Crippen LogP contribution in [-0.2, 0) is 15.8 Å². The van der Waals surface area contributed by atoms with Gasteiger partial charge in [0.15, 0.2) is 5.82 Å². The van der Waals surface area contributed by atoms with Crippen LogP contribution in [0.3, 0.4) is 0 Å². The molecule has 180 valence electrons. The van der Waals surface area contributed by atoms with Gasteiger partial charge in [0.2, 0.25) is 5.91 Å². The second-order valence-electron chi connectivity index (χ2n) is 7.43. The second-order valence-corrected chi connectivity index (χ2v) is 8.43. The quantitative estimate of drug-likeness (QED) is 0.461. The van der Waals surface area contributed by atoms with Gasteiger partial charge in [-0.25, -0.2) is 5.10 Å². The average molecular weight is 502 g/mol. The molecule has 0 atom stereocenters. The van der Waals surface area contributed by atoms with E-state index < -0.39 is 22.9 Å². The minimum atomic E-state index is -4.46. The number of benzene rings is 2. The molecule has 0 saturated carbocycles. The molecular formula is C22H17F3N6O3S. The number of alkyl halides is 3. The normalized spacial score (nSPS) is 15.2. The third-order valence-corrected chi connectivity index (χ3v) is 5.89. The molecule has 1 aliphatic heterocycles. The number of nitrogens with zero attached hydrogens (tertiary/aromatic N) is 4. The summed E-state index contributed by atoms with van der Waals surface area (Å²) >= 11 is 0.707. The topological polar surface area (TPSA) is 121 Å². The molecule has 35 heavy (non-hydrogen) atoms. The number of amides is 3. The number of carbonyl (C=O) groups is 3. The first-order valence-electron chi connectivity index (χ1n) is 10.3. The summed E-state index contributed by atoms with van der Waals surface area (Å²) < 4.78 is 38.1. The predicted molar refractivity (Wildman–Crippen MR) is 122 cm³/mol. The number of aromatic amines is 1. The van der Waals surface area contributed by atoms with E-state index in [1.54, 1.807) is 24.3 Å². The fourth-order valence-electron chi connectivity index (χ4n) is 3.23. The molecule has 0 spiro atoms. The standard InChI is InChI=1S/C22H17F3N6O3S/c23-22(24,25)15-7-3-13(4-8-15)12-17-20(33)31(21(34)35-17)11-1-2-18(32)26-16-9-5-14(6-10-16)19-27-29-30-28-19/h3-10,12H,1-2,11H2,(H,26,32)(H,27,28,29,30)/b17-12-. The van der Waals surface area contributed by atoms with Crippen LogP contribution in [0.15, 0.2) is 53.4 Å². The smallest absolute Gasteiger partial charge is 0.326 e. The van der Waals surface area contributed by atoms with Crippen LogP contribution in [0, 0.1) is 0 Å². The van der Waals surface area contributed by atoms with E-state index >= 15 is 0 Å². The van der Waals surface area contributed by atoms with Gasteiger partial charge in [0.05, 0.1) is 10.5 Å². The molecule has 0 bridgehead atoms. The van der Waals surface area contributed by atoms with E-state index in [1.165, 1.54) is 18.2 Å². The molecule has 0 aliphatic carbocycles. The fourth-order valence-corrected chi connectivity index (χ4v) is 4.09. The molecule has 1 aliphatic rings. The summed E-state index contributed by atoms with van der Waals surface area (Å²) in [6.45, 7) is 0.0415. The van der Waals surface area contributed by atoms with Crippen molar-refractivity contribution in [1.82, 2.24) is 25.5 Å². The first-order valence-corrected chi connectivity index (χ1v) is 11.1. The van der Waals surface area contributed by atoms with Crippen LogP contribution in [0.5, 0.6) is 0 Å². The number of hydrogen-bond donors (Lipinski definition) is 2. The first-order chi connectivity index (χ1) is 16.7. The summed E-state index contributed by atoms with van der Waals surface area (Å²) in [5.41, 5.74) is 0.881. The zero-order valence-corrected chi connectivity index (χ0v) is 18.7. The Morgan fingerprint density at radius 3 is 2.43 bits per heavy atom. The minimum Gasteiger partial charge on any atom is -0.326 e. The van der Waals surface area contributed by atoms with Crippen LogP contribution in [0.4, 0.5) is 23.7 Å². The summed E-state index contributed by atoms with van der Waals surface area (Å²) in [6.07, 6.45) is -2.76. The van der Waals surface area contributed by atoms with Gasteiger partial charge in [0.25, 0.3) is 11.1 Å². The highest BCUT2D eigenvalue weighted by molar-refractivity contribution is 8.18. The van der Waals surface area contributed by atoms with E-state index in [0.29, 0.717) is 28.8 Å². The van der Waals surface area contributed by atoms with Crippen molar-refractivity contribution >= 4 is 40.6 Å². The molecule has 13 heteroatoms. The van der Waals surface area contributed by atoms with Crippen LogP contribution in [-0.4, -0.2) is 49.1 Å². The van der Waals surface area contributed by atoms with Crippen molar-refractivity contribution in [2.75, 3.05) is 11.9 Å². The Morgan fingerprint density at radius 2 is 1.80 bits per heavy atom. The molecule has 2 heterocycles. The maximum absolute atomic E-state index is 12.7. The zero-order valence-electron chi connectivity index (χ0n) is 17.9. The minimum absolute atomic E-state index is 0.0415. The molecule has 4 rings (SSSR count). The van der Waals surface area contributed by atoms with Crippen LogP contribution >= 0.6 is 11.8 Å². The van der Waals surface area contributed by atoms with Crippen LogP contribution in [0.25, 0.3) is 17.5 Å². The molecule has 3 amide bonds. The van der Waals surface area contributed by atoms with E-state index in [4.69, 9.17) is 0 Å². The van der Waals surface area contributed by atoms with Crippen molar-refractivity contribution in [1.29, 1.82) is 0 Å². The lowest BCUT2D eigenvalue weighted by Gasteiger charge is -2.12. The molecule has 2 N–H and O–H groups in total. The number of imide groups is 1. The van der Waals surface area contributed by atoms with E-state index in [-0.39, 0.29) is 30.2 Å². The monoisotopic (exact) mass is 502 g/mol. The number of anilines is 1. The molecule has 2 aromatic carbocycles. The Balaban J connectivity index is 1.28. The highest BCUT2D eigenvalue weighted by atomic mass is 32.2. The lowest BCUT2D eigenvalue weighted by molar-refractivity contribution is -0.137. The number of rotatable bonds is 7. The number of thioether (sulfide) groups is 1.